The summed E-state index contributed by atoms with van der Waals surface area (Å²) in [5, 5.41) is 2.85. The Morgan fingerprint density at radius 2 is 1.72 bits per heavy atom. The first-order valence-electron chi connectivity index (χ1n) is 8.98. The van der Waals surface area contributed by atoms with Crippen LogP contribution in [0.25, 0.3) is 0 Å². The average molecular weight is 440 g/mol. The number of ether oxygens (including phenoxy) is 1. The number of amides is 1. The van der Waals surface area contributed by atoms with Crippen molar-refractivity contribution in [2.75, 3.05) is 41.3 Å². The van der Waals surface area contributed by atoms with Crippen LogP contribution >= 0.6 is 11.6 Å². The van der Waals surface area contributed by atoms with Crippen molar-refractivity contribution in [3.8, 4) is 5.75 Å². The highest BCUT2D eigenvalue weighted by molar-refractivity contribution is 7.89. The molecule has 2 aromatic rings. The van der Waals surface area contributed by atoms with E-state index in [0.29, 0.717) is 13.2 Å². The molecule has 0 radical (unpaired) electrons. The van der Waals surface area contributed by atoms with E-state index in [1.54, 1.807) is 0 Å². The fraction of sp³-hybridized carbons (Fsp3) is 0.350. The molecule has 0 aliphatic rings. The fourth-order valence-electron chi connectivity index (χ4n) is 2.37. The van der Waals surface area contributed by atoms with Gasteiger partial charge in [-0.1, -0.05) is 23.7 Å². The summed E-state index contributed by atoms with van der Waals surface area (Å²) in [5.74, 6) is 0.376. The third-order valence-corrected chi connectivity index (χ3v) is 6.43. The number of likely N-dealkylation sites (N-methyl/N-ethyl adjacent to an activating group) is 1. The number of carbonyl (C=O) groups excluding carboxylic acids is 1. The molecule has 0 fully saturated rings. The van der Waals surface area contributed by atoms with E-state index in [-0.39, 0.29) is 21.4 Å². The first-order chi connectivity index (χ1) is 13.6. The van der Waals surface area contributed by atoms with E-state index in [0.717, 1.165) is 22.2 Å². The summed E-state index contributed by atoms with van der Waals surface area (Å²) in [4.78, 5) is 14.4. The van der Waals surface area contributed by atoms with Gasteiger partial charge in [0.2, 0.25) is 10.0 Å². The standard InChI is InChI=1S/C20H26ClN3O4S/c1-23(2)11-12-28-17-8-5-15(6-9-17)14-22-20(25)16-7-10-18(21)19(13-16)29(26,27)24(3)4/h5-10,13H,11-12,14H2,1-4H3,(H,22,25). The van der Waals surface area contributed by atoms with Crippen LogP contribution in [0.4, 0.5) is 0 Å². The zero-order valence-corrected chi connectivity index (χ0v) is 18.5. The second kappa shape index (κ2) is 10.1. The van der Waals surface area contributed by atoms with E-state index in [4.69, 9.17) is 16.3 Å². The zero-order valence-electron chi connectivity index (χ0n) is 17.0. The van der Waals surface area contributed by atoms with Gasteiger partial charge in [0.25, 0.3) is 5.91 Å². The molecule has 9 heteroatoms. The summed E-state index contributed by atoms with van der Waals surface area (Å²) in [7, 11) is 3.04. The van der Waals surface area contributed by atoms with Gasteiger partial charge >= 0.3 is 0 Å². The summed E-state index contributed by atoms with van der Waals surface area (Å²) in [6.45, 7) is 1.72. The minimum atomic E-state index is -3.74. The van der Waals surface area contributed by atoms with E-state index in [2.05, 4.69) is 5.32 Å². The van der Waals surface area contributed by atoms with Crippen molar-refractivity contribution < 1.29 is 17.9 Å². The Kier molecular flexibility index (Phi) is 8.04. The molecular weight excluding hydrogens is 414 g/mol. The lowest BCUT2D eigenvalue weighted by molar-refractivity contribution is 0.0950. The zero-order chi connectivity index (χ0) is 21.6. The van der Waals surface area contributed by atoms with Crippen LogP contribution in [-0.2, 0) is 16.6 Å². The van der Waals surface area contributed by atoms with Crippen LogP contribution in [0.2, 0.25) is 5.02 Å². The van der Waals surface area contributed by atoms with Crippen molar-refractivity contribution in [3.05, 3.63) is 58.6 Å². The van der Waals surface area contributed by atoms with E-state index < -0.39 is 10.0 Å². The minimum Gasteiger partial charge on any atom is -0.492 e. The van der Waals surface area contributed by atoms with Crippen molar-refractivity contribution in [2.24, 2.45) is 0 Å². The number of sulfonamides is 1. The van der Waals surface area contributed by atoms with Gasteiger partial charge in [-0.25, -0.2) is 12.7 Å². The summed E-state index contributed by atoms with van der Waals surface area (Å²) in [5.41, 5.74) is 1.12. The lowest BCUT2D eigenvalue weighted by Crippen LogP contribution is -2.25. The van der Waals surface area contributed by atoms with Crippen molar-refractivity contribution in [3.63, 3.8) is 0 Å². The third-order valence-electron chi connectivity index (χ3n) is 4.14. The second-order valence-electron chi connectivity index (χ2n) is 6.91. The maximum absolute atomic E-state index is 12.5. The highest BCUT2D eigenvalue weighted by atomic mass is 35.5. The normalized spacial score (nSPS) is 11.7. The highest BCUT2D eigenvalue weighted by Crippen LogP contribution is 2.24. The van der Waals surface area contributed by atoms with Gasteiger partial charge in [0.1, 0.15) is 17.3 Å². The van der Waals surface area contributed by atoms with E-state index in [1.165, 1.54) is 32.3 Å². The minimum absolute atomic E-state index is 0.0695. The Morgan fingerprint density at radius 1 is 1.07 bits per heavy atom. The maximum atomic E-state index is 12.5. The Morgan fingerprint density at radius 3 is 2.31 bits per heavy atom. The van der Waals surface area contributed by atoms with Gasteiger partial charge < -0.3 is 15.0 Å². The smallest absolute Gasteiger partial charge is 0.251 e. The van der Waals surface area contributed by atoms with Gasteiger partial charge in [-0.2, -0.15) is 0 Å². The first-order valence-corrected chi connectivity index (χ1v) is 10.8. The van der Waals surface area contributed by atoms with Gasteiger partial charge in [0.15, 0.2) is 0 Å². The number of benzene rings is 2. The summed E-state index contributed by atoms with van der Waals surface area (Å²) in [6, 6.07) is 11.6. The first kappa shape index (κ1) is 23.2. The van der Waals surface area contributed by atoms with Crippen LogP contribution in [0.15, 0.2) is 47.4 Å². The molecule has 1 amide bonds. The monoisotopic (exact) mass is 439 g/mol. The van der Waals surface area contributed by atoms with Gasteiger partial charge in [-0.05, 0) is 50.0 Å². The van der Waals surface area contributed by atoms with Gasteiger partial charge in [-0.15, -0.1) is 0 Å². The molecule has 1 N–H and O–H groups in total. The fourth-order valence-corrected chi connectivity index (χ4v) is 3.77. The molecule has 0 aliphatic carbocycles. The van der Waals surface area contributed by atoms with E-state index >= 15 is 0 Å². The topological polar surface area (TPSA) is 79.0 Å². The lowest BCUT2D eigenvalue weighted by atomic mass is 10.2. The number of nitrogens with one attached hydrogen (secondary N) is 1. The summed E-state index contributed by atoms with van der Waals surface area (Å²) >= 11 is 6.02. The van der Waals surface area contributed by atoms with Crippen LogP contribution in [0, 0.1) is 0 Å². The molecule has 0 aromatic heterocycles. The quantitative estimate of drug-likeness (QED) is 0.649. The number of carbonyl (C=O) groups is 1. The number of rotatable bonds is 9. The number of hydrogen-bond acceptors (Lipinski definition) is 5. The molecule has 158 valence electrons. The van der Waals surface area contributed by atoms with E-state index in [9.17, 15) is 13.2 Å². The molecule has 29 heavy (non-hydrogen) atoms. The molecule has 0 spiro atoms. The summed E-state index contributed by atoms with van der Waals surface area (Å²) in [6.07, 6.45) is 0. The molecule has 0 saturated carbocycles. The predicted molar refractivity (Wildman–Crippen MR) is 114 cm³/mol. The van der Waals surface area contributed by atoms with Crippen molar-refractivity contribution in [1.29, 1.82) is 0 Å². The molecule has 0 bridgehead atoms. The average Bonchev–Trinajstić information content (AvgIpc) is 2.67. The molecule has 7 nitrogen and oxygen atoms in total. The van der Waals surface area contributed by atoms with Crippen LogP contribution in [-0.4, -0.2) is 64.9 Å². The van der Waals surface area contributed by atoms with Gasteiger partial charge in [0, 0.05) is 32.7 Å². The molecule has 0 saturated heterocycles. The van der Waals surface area contributed by atoms with Crippen molar-refractivity contribution in [2.45, 2.75) is 11.4 Å². The predicted octanol–water partition coefficient (Wildman–Crippen LogP) is 2.46. The molecule has 0 aliphatic heterocycles. The number of hydrogen-bond donors (Lipinski definition) is 1. The third kappa shape index (κ3) is 6.43. The molecule has 0 unspecified atom stereocenters. The Hall–Kier alpha value is -2.13. The maximum Gasteiger partial charge on any atom is 0.251 e. The number of halogens is 1. The molecule has 2 rings (SSSR count). The largest absolute Gasteiger partial charge is 0.492 e. The highest BCUT2D eigenvalue weighted by Gasteiger charge is 2.22. The van der Waals surface area contributed by atoms with Gasteiger partial charge in [-0.3, -0.25) is 4.79 Å². The molecule has 2 aromatic carbocycles. The Bertz CT molecular complexity index is 945. The Labute approximate surface area is 177 Å². The van der Waals surface area contributed by atoms with Crippen molar-refractivity contribution >= 4 is 27.5 Å². The van der Waals surface area contributed by atoms with Crippen LogP contribution in [0.5, 0.6) is 5.75 Å². The van der Waals surface area contributed by atoms with Crippen LogP contribution in [0.3, 0.4) is 0 Å². The van der Waals surface area contributed by atoms with Gasteiger partial charge in [0.05, 0.1) is 5.02 Å². The van der Waals surface area contributed by atoms with Crippen LogP contribution in [0.1, 0.15) is 15.9 Å². The van der Waals surface area contributed by atoms with Crippen molar-refractivity contribution in [1.82, 2.24) is 14.5 Å². The Balaban J connectivity index is 2.01. The SMILES string of the molecule is CN(C)CCOc1ccc(CNC(=O)c2ccc(Cl)c(S(=O)(=O)N(C)C)c2)cc1. The van der Waals surface area contributed by atoms with E-state index in [1.807, 2.05) is 43.3 Å². The molecular formula is C20H26ClN3O4S. The number of nitrogens with zero attached hydrogens (tertiary/aromatic N) is 2. The summed E-state index contributed by atoms with van der Waals surface area (Å²) < 4.78 is 31.4. The molecule has 0 atom stereocenters. The molecule has 0 heterocycles. The lowest BCUT2D eigenvalue weighted by Gasteiger charge is -2.14. The van der Waals surface area contributed by atoms with Crippen LogP contribution < -0.4 is 10.1 Å². The second-order valence-corrected chi connectivity index (χ2v) is 9.44.